The lowest BCUT2D eigenvalue weighted by Gasteiger charge is -2.47. The van der Waals surface area contributed by atoms with Crippen LogP contribution in [0.4, 0.5) is 0 Å². The third kappa shape index (κ3) is 2.93. The van der Waals surface area contributed by atoms with Crippen molar-refractivity contribution < 1.29 is 19.1 Å². The summed E-state index contributed by atoms with van der Waals surface area (Å²) in [7, 11) is 0. The molecule has 6 nitrogen and oxygen atoms in total. The molecule has 2 aliphatic heterocycles. The maximum Gasteiger partial charge on any atom is 0.335 e. The predicted molar refractivity (Wildman–Crippen MR) is 115 cm³/mol. The fraction of sp³-hybridized carbons (Fsp3) is 0.200. The Hall–Kier alpha value is -2.13. The molecule has 1 amide bonds. The number of halogens is 1. The summed E-state index contributed by atoms with van der Waals surface area (Å²) in [6.45, 7) is 0. The zero-order valence-corrected chi connectivity index (χ0v) is 17.3. The first-order chi connectivity index (χ1) is 14.0. The molecule has 29 heavy (non-hydrogen) atoms. The van der Waals surface area contributed by atoms with Gasteiger partial charge in [0.05, 0.1) is 10.2 Å². The molecule has 3 atom stereocenters. The lowest BCUT2D eigenvalue weighted by molar-refractivity contribution is -0.140. The number of benzene rings is 2. The Bertz CT molecular complexity index is 1210. The number of carbonyl (C=O) groups excluding carboxylic acids is 1. The summed E-state index contributed by atoms with van der Waals surface area (Å²) in [4.78, 5) is 26.0. The highest BCUT2D eigenvalue weighted by Crippen LogP contribution is 2.48. The Labute approximate surface area is 179 Å². The second-order valence-corrected chi connectivity index (χ2v) is 9.76. The Morgan fingerprint density at radius 2 is 2.07 bits per heavy atom. The van der Waals surface area contributed by atoms with Crippen LogP contribution in [-0.2, 0) is 15.5 Å². The van der Waals surface area contributed by atoms with Gasteiger partial charge in [0.15, 0.2) is 0 Å². The molecule has 0 aliphatic carbocycles. The molecule has 1 unspecified atom stereocenters. The van der Waals surface area contributed by atoms with E-state index in [1.54, 1.807) is 0 Å². The summed E-state index contributed by atoms with van der Waals surface area (Å²) in [6.07, 6.45) is 1.42. The van der Waals surface area contributed by atoms with Gasteiger partial charge >= 0.3 is 5.97 Å². The molecule has 3 N–H and O–H groups in total. The van der Waals surface area contributed by atoms with Crippen molar-refractivity contribution in [1.29, 1.82) is 0 Å². The summed E-state index contributed by atoms with van der Waals surface area (Å²) < 4.78 is 5.51. The number of hydrogen-bond acceptors (Lipinski definition) is 6. The Balaban J connectivity index is 1.57. The topological polar surface area (TPSA) is 96.8 Å². The van der Waals surface area contributed by atoms with Crippen LogP contribution < -0.4 is 5.73 Å². The van der Waals surface area contributed by atoms with Crippen molar-refractivity contribution in [3.63, 3.8) is 0 Å². The van der Waals surface area contributed by atoms with Crippen LogP contribution >= 0.6 is 35.1 Å². The van der Waals surface area contributed by atoms with Gasteiger partial charge in [0.2, 0.25) is 5.91 Å². The number of β-lactam (4-membered cyclic amide) rings is 1. The smallest absolute Gasteiger partial charge is 0.335 e. The normalized spacial score (nSPS) is 23.8. The maximum atomic E-state index is 11.9. The number of furan rings is 1. The largest absolute Gasteiger partial charge is 0.478 e. The number of carboxylic acids is 1. The number of alkyl halides is 1. The fourth-order valence-corrected chi connectivity index (χ4v) is 6.88. The number of amides is 1. The van der Waals surface area contributed by atoms with E-state index in [-0.39, 0.29) is 22.7 Å². The summed E-state index contributed by atoms with van der Waals surface area (Å²) in [6, 6.07) is 11.1. The summed E-state index contributed by atoms with van der Waals surface area (Å²) in [5.41, 5.74) is 8.46. The third-order valence-corrected chi connectivity index (χ3v) is 8.41. The molecule has 2 aliphatic rings. The average molecular weight is 447 g/mol. The minimum atomic E-state index is -1.05. The number of rotatable bonds is 4. The lowest BCUT2D eigenvalue weighted by atomic mass is 10.1. The molecule has 3 heterocycles. The van der Waals surface area contributed by atoms with Crippen molar-refractivity contribution in [3.05, 3.63) is 53.7 Å². The molecule has 0 spiro atoms. The van der Waals surface area contributed by atoms with Crippen LogP contribution in [0.5, 0.6) is 0 Å². The van der Waals surface area contributed by atoms with Gasteiger partial charge in [-0.15, -0.1) is 35.1 Å². The van der Waals surface area contributed by atoms with Crippen LogP contribution in [0.15, 0.2) is 57.5 Å². The number of para-hydroxylation sites is 1. The SMILES string of the molecule is N[C@@H]1C(=O)N2C=C(C(=O)O)C(Sc3cc4c(cc3CCl)oc3ccccc34)S[C@H]12. The molecule has 3 aromatic rings. The van der Waals surface area contributed by atoms with Gasteiger partial charge in [-0.25, -0.2) is 4.79 Å². The first-order valence-electron chi connectivity index (χ1n) is 8.83. The van der Waals surface area contributed by atoms with E-state index in [0.717, 1.165) is 32.4 Å². The quantitative estimate of drug-likeness (QED) is 0.462. The van der Waals surface area contributed by atoms with E-state index in [0.29, 0.717) is 0 Å². The van der Waals surface area contributed by atoms with Crippen molar-refractivity contribution in [2.75, 3.05) is 0 Å². The van der Waals surface area contributed by atoms with Gasteiger partial charge < -0.3 is 20.2 Å². The van der Waals surface area contributed by atoms with Gasteiger partial charge in [-0.1, -0.05) is 18.2 Å². The minimum absolute atomic E-state index is 0.161. The van der Waals surface area contributed by atoms with Gasteiger partial charge in [-0.2, -0.15) is 0 Å². The number of nitrogens with zero attached hydrogens (tertiary/aromatic N) is 1. The van der Waals surface area contributed by atoms with Gasteiger partial charge in [0, 0.05) is 27.7 Å². The molecule has 0 radical (unpaired) electrons. The molecular weight excluding hydrogens is 432 g/mol. The molecule has 5 rings (SSSR count). The van der Waals surface area contributed by atoms with Crippen LogP contribution in [0.2, 0.25) is 0 Å². The minimum Gasteiger partial charge on any atom is -0.478 e. The standard InChI is InChI=1S/C20H15ClN2O4S2/c21-7-9-5-14-11(10-3-1-2-4-13(10)27-14)6-15(9)28-20-12(19(25)26)8-23-17(24)16(22)18(23)29-20/h1-6,8,16,18,20H,7,22H2,(H,25,26)/t16-,18-,20?/m1/s1. The molecule has 1 fully saturated rings. The van der Waals surface area contributed by atoms with Crippen LogP contribution in [0.3, 0.4) is 0 Å². The highest BCUT2D eigenvalue weighted by atomic mass is 35.5. The Morgan fingerprint density at radius 3 is 2.83 bits per heavy atom. The fourth-order valence-electron chi connectivity index (χ4n) is 3.58. The number of hydrogen-bond donors (Lipinski definition) is 2. The van der Waals surface area contributed by atoms with E-state index in [1.807, 2.05) is 36.4 Å². The molecule has 148 valence electrons. The highest BCUT2D eigenvalue weighted by Gasteiger charge is 2.50. The van der Waals surface area contributed by atoms with E-state index in [2.05, 4.69) is 0 Å². The maximum absolute atomic E-state index is 11.9. The van der Waals surface area contributed by atoms with Crippen molar-refractivity contribution in [2.45, 2.75) is 26.8 Å². The number of carboxylic acid groups (broad SMARTS) is 1. The van der Waals surface area contributed by atoms with Crippen LogP contribution in [-0.4, -0.2) is 37.9 Å². The van der Waals surface area contributed by atoms with Crippen LogP contribution in [0.25, 0.3) is 21.9 Å². The molecule has 0 bridgehead atoms. The second kappa shape index (κ2) is 6.98. The molecule has 1 saturated heterocycles. The van der Waals surface area contributed by atoms with Crippen LogP contribution in [0, 0.1) is 0 Å². The average Bonchev–Trinajstić information content (AvgIpc) is 3.09. The highest BCUT2D eigenvalue weighted by molar-refractivity contribution is 8.17. The molecular formula is C20H15ClN2O4S2. The summed E-state index contributed by atoms with van der Waals surface area (Å²) >= 11 is 8.99. The van der Waals surface area contributed by atoms with Gasteiger partial charge in [-0.05, 0) is 23.8 Å². The monoisotopic (exact) mass is 446 g/mol. The first-order valence-corrected chi connectivity index (χ1v) is 11.2. The van der Waals surface area contributed by atoms with Crippen molar-refractivity contribution in [3.8, 4) is 0 Å². The number of nitrogens with two attached hydrogens (primary N) is 1. The Morgan fingerprint density at radius 1 is 1.28 bits per heavy atom. The van der Waals surface area contributed by atoms with E-state index in [1.165, 1.54) is 34.6 Å². The summed E-state index contributed by atoms with van der Waals surface area (Å²) in [5.74, 6) is -1.03. The molecule has 2 aromatic carbocycles. The zero-order chi connectivity index (χ0) is 20.3. The number of fused-ring (bicyclic) bond motifs is 4. The molecule has 1 aromatic heterocycles. The van der Waals surface area contributed by atoms with Crippen molar-refractivity contribution in [1.82, 2.24) is 4.90 Å². The van der Waals surface area contributed by atoms with Crippen molar-refractivity contribution in [2.24, 2.45) is 5.73 Å². The number of thioether (sulfide) groups is 2. The van der Waals surface area contributed by atoms with Gasteiger partial charge in [0.1, 0.15) is 22.6 Å². The number of carbonyl (C=O) groups is 2. The lowest BCUT2D eigenvalue weighted by Crippen LogP contribution is -2.66. The summed E-state index contributed by atoms with van der Waals surface area (Å²) in [5, 5.41) is 11.4. The van der Waals surface area contributed by atoms with Crippen LogP contribution in [0.1, 0.15) is 5.56 Å². The van der Waals surface area contributed by atoms with Gasteiger partial charge in [0.25, 0.3) is 0 Å². The van der Waals surface area contributed by atoms with E-state index in [4.69, 9.17) is 21.8 Å². The molecule has 9 heteroatoms. The first kappa shape index (κ1) is 18.9. The van der Waals surface area contributed by atoms with E-state index in [9.17, 15) is 14.7 Å². The van der Waals surface area contributed by atoms with E-state index >= 15 is 0 Å². The second-order valence-electron chi connectivity index (χ2n) is 6.83. The van der Waals surface area contributed by atoms with Crippen molar-refractivity contribution >= 4 is 68.9 Å². The zero-order valence-electron chi connectivity index (χ0n) is 14.9. The molecule has 0 saturated carbocycles. The third-order valence-electron chi connectivity index (χ3n) is 5.10. The predicted octanol–water partition coefficient (Wildman–Crippen LogP) is 3.95. The van der Waals surface area contributed by atoms with Gasteiger partial charge in [-0.3, -0.25) is 4.79 Å². The Kier molecular flexibility index (Phi) is 4.54. The van der Waals surface area contributed by atoms with E-state index < -0.39 is 16.6 Å². The number of aliphatic carboxylic acids is 1.